The molecule has 1 aliphatic rings. The molecule has 0 amide bonds. The van der Waals surface area contributed by atoms with E-state index in [4.69, 9.17) is 16.3 Å². The van der Waals surface area contributed by atoms with Gasteiger partial charge in [0.05, 0.1) is 6.04 Å². The Bertz CT molecular complexity index is 1040. The molecule has 4 rings (SSSR count). The van der Waals surface area contributed by atoms with Crippen LogP contribution in [0.1, 0.15) is 23.9 Å². The van der Waals surface area contributed by atoms with Crippen LogP contribution in [0.4, 0.5) is 24.7 Å². The number of rotatable bonds is 4. The summed E-state index contributed by atoms with van der Waals surface area (Å²) in [6, 6.07) is 14.2. The molecule has 0 radical (unpaired) electrons. The topological polar surface area (TPSA) is 50.3 Å². The van der Waals surface area contributed by atoms with E-state index in [-0.39, 0.29) is 11.9 Å². The monoisotopic (exact) mass is 434 g/mol. The first kappa shape index (κ1) is 20.3. The summed E-state index contributed by atoms with van der Waals surface area (Å²) in [7, 11) is 1.72. The van der Waals surface area contributed by atoms with Crippen molar-refractivity contribution < 1.29 is 17.9 Å². The zero-order valence-electron chi connectivity index (χ0n) is 15.9. The predicted octanol–water partition coefficient (Wildman–Crippen LogP) is 5.93. The standard InChI is InChI=1S/C21H18ClF3N4O/c1-29-10-9-18(17-12-26-20(21(23,24)25)28-19(17)29)27-14-3-2-4-16(11-14)30-15-7-5-13(22)6-8-15/h2-8,11-12,18,27H,9-10H2,1H3. The van der Waals surface area contributed by atoms with E-state index in [2.05, 4.69) is 15.3 Å². The van der Waals surface area contributed by atoms with Crippen molar-refractivity contribution in [3.05, 3.63) is 71.1 Å². The van der Waals surface area contributed by atoms with Crippen LogP contribution in [-0.2, 0) is 6.18 Å². The molecule has 9 heteroatoms. The number of anilines is 2. The first-order valence-electron chi connectivity index (χ1n) is 9.25. The van der Waals surface area contributed by atoms with Gasteiger partial charge in [-0.15, -0.1) is 0 Å². The highest BCUT2D eigenvalue weighted by Gasteiger charge is 2.37. The number of halogens is 4. The van der Waals surface area contributed by atoms with Gasteiger partial charge in [-0.1, -0.05) is 17.7 Å². The molecule has 1 aromatic heterocycles. The number of hydrogen-bond donors (Lipinski definition) is 1. The minimum absolute atomic E-state index is 0.218. The lowest BCUT2D eigenvalue weighted by Gasteiger charge is -2.33. The highest BCUT2D eigenvalue weighted by Crippen LogP contribution is 2.36. The molecule has 0 bridgehead atoms. The number of benzene rings is 2. The van der Waals surface area contributed by atoms with Crippen molar-refractivity contribution in [2.24, 2.45) is 0 Å². The predicted molar refractivity (Wildman–Crippen MR) is 109 cm³/mol. The van der Waals surface area contributed by atoms with Gasteiger partial charge >= 0.3 is 6.18 Å². The number of nitrogens with one attached hydrogen (secondary N) is 1. The lowest BCUT2D eigenvalue weighted by molar-refractivity contribution is -0.144. The van der Waals surface area contributed by atoms with Gasteiger partial charge in [0.15, 0.2) is 0 Å². The summed E-state index contributed by atoms with van der Waals surface area (Å²) in [6.45, 7) is 0.569. The maximum Gasteiger partial charge on any atom is 0.451 e. The summed E-state index contributed by atoms with van der Waals surface area (Å²) in [5.41, 5.74) is 1.41. The van der Waals surface area contributed by atoms with Crippen LogP contribution in [0, 0.1) is 0 Å². The summed E-state index contributed by atoms with van der Waals surface area (Å²) >= 11 is 5.89. The van der Waals surface area contributed by atoms with E-state index in [1.807, 2.05) is 24.3 Å². The lowest BCUT2D eigenvalue weighted by atomic mass is 10.0. The van der Waals surface area contributed by atoms with Crippen molar-refractivity contribution in [3.8, 4) is 11.5 Å². The number of nitrogens with zero attached hydrogens (tertiary/aromatic N) is 3. The number of alkyl halides is 3. The van der Waals surface area contributed by atoms with E-state index < -0.39 is 12.0 Å². The third kappa shape index (κ3) is 4.43. The van der Waals surface area contributed by atoms with E-state index in [1.54, 1.807) is 36.2 Å². The molecule has 30 heavy (non-hydrogen) atoms. The number of fused-ring (bicyclic) bond motifs is 1. The highest BCUT2D eigenvalue weighted by molar-refractivity contribution is 6.30. The molecule has 0 aliphatic carbocycles. The third-order valence-corrected chi connectivity index (χ3v) is 5.02. The minimum atomic E-state index is -4.58. The molecule has 156 valence electrons. The molecular weight excluding hydrogens is 417 g/mol. The van der Waals surface area contributed by atoms with Crippen LogP contribution in [0.3, 0.4) is 0 Å². The van der Waals surface area contributed by atoms with Crippen LogP contribution in [0.25, 0.3) is 0 Å². The van der Waals surface area contributed by atoms with E-state index >= 15 is 0 Å². The molecule has 5 nitrogen and oxygen atoms in total. The fourth-order valence-electron chi connectivity index (χ4n) is 3.29. The van der Waals surface area contributed by atoms with E-state index in [1.165, 1.54) is 6.20 Å². The Morgan fingerprint density at radius 3 is 2.63 bits per heavy atom. The molecular formula is C21H18ClF3N4O. The maximum absolute atomic E-state index is 13.0. The van der Waals surface area contributed by atoms with Gasteiger partial charge in [0.1, 0.15) is 17.3 Å². The fourth-order valence-corrected chi connectivity index (χ4v) is 3.42. The molecule has 0 saturated heterocycles. The average molecular weight is 435 g/mol. The van der Waals surface area contributed by atoms with Crippen molar-refractivity contribution in [2.45, 2.75) is 18.6 Å². The molecule has 1 N–H and O–H groups in total. The maximum atomic E-state index is 13.0. The number of ether oxygens (including phenoxy) is 1. The van der Waals surface area contributed by atoms with Crippen molar-refractivity contribution in [1.29, 1.82) is 0 Å². The summed E-state index contributed by atoms with van der Waals surface area (Å²) in [4.78, 5) is 9.00. The van der Waals surface area contributed by atoms with Crippen molar-refractivity contribution >= 4 is 23.1 Å². The van der Waals surface area contributed by atoms with Gasteiger partial charge in [-0.3, -0.25) is 0 Å². The van der Waals surface area contributed by atoms with Gasteiger partial charge in [-0.25, -0.2) is 9.97 Å². The average Bonchev–Trinajstić information content (AvgIpc) is 2.71. The van der Waals surface area contributed by atoms with Crippen molar-refractivity contribution in [2.75, 3.05) is 23.8 Å². The van der Waals surface area contributed by atoms with Gasteiger partial charge in [0.25, 0.3) is 0 Å². The number of aromatic nitrogens is 2. The summed E-state index contributed by atoms with van der Waals surface area (Å²) in [6.07, 6.45) is -2.63. The molecule has 2 heterocycles. The quantitative estimate of drug-likeness (QED) is 0.551. The summed E-state index contributed by atoms with van der Waals surface area (Å²) in [5, 5.41) is 3.98. The molecule has 0 saturated carbocycles. The zero-order valence-corrected chi connectivity index (χ0v) is 16.7. The van der Waals surface area contributed by atoms with E-state index in [0.717, 1.165) is 5.69 Å². The van der Waals surface area contributed by atoms with Crippen LogP contribution in [0.15, 0.2) is 54.7 Å². The van der Waals surface area contributed by atoms with E-state index in [9.17, 15) is 13.2 Å². The highest BCUT2D eigenvalue weighted by atomic mass is 35.5. The first-order chi connectivity index (χ1) is 14.3. The number of hydrogen-bond acceptors (Lipinski definition) is 5. The Kier molecular flexibility index (Phi) is 5.42. The van der Waals surface area contributed by atoms with Crippen LogP contribution in [-0.4, -0.2) is 23.6 Å². The summed E-state index contributed by atoms with van der Waals surface area (Å²) < 4.78 is 44.8. The molecule has 1 unspecified atom stereocenters. The van der Waals surface area contributed by atoms with E-state index in [0.29, 0.717) is 35.1 Å². The molecule has 1 atom stereocenters. The Balaban J connectivity index is 1.55. The fraction of sp³-hybridized carbons (Fsp3) is 0.238. The van der Waals surface area contributed by atoms with Gasteiger partial charge in [0, 0.05) is 42.1 Å². The molecule has 3 aromatic rings. The Labute approximate surface area is 176 Å². The lowest BCUT2D eigenvalue weighted by Crippen LogP contribution is -2.32. The van der Waals surface area contributed by atoms with Crippen molar-refractivity contribution in [1.82, 2.24) is 9.97 Å². The Hall–Kier alpha value is -3.00. The van der Waals surface area contributed by atoms with Crippen LogP contribution in [0.5, 0.6) is 11.5 Å². The SMILES string of the molecule is CN1CCC(Nc2cccc(Oc3ccc(Cl)cc3)c2)c2cnc(C(F)(F)F)nc21. The normalized spacial score (nSPS) is 16.2. The smallest absolute Gasteiger partial charge is 0.451 e. The van der Waals surface area contributed by atoms with Gasteiger partial charge < -0.3 is 15.0 Å². The van der Waals surface area contributed by atoms with Gasteiger partial charge in [0.2, 0.25) is 5.82 Å². The van der Waals surface area contributed by atoms with Crippen LogP contribution < -0.4 is 15.0 Å². The summed E-state index contributed by atoms with van der Waals surface area (Å²) in [5.74, 6) is 0.426. The molecule has 0 fully saturated rings. The second kappa shape index (κ2) is 8.02. The second-order valence-electron chi connectivity index (χ2n) is 6.96. The molecule has 0 spiro atoms. The van der Waals surface area contributed by atoms with Crippen LogP contribution >= 0.6 is 11.6 Å². The van der Waals surface area contributed by atoms with Gasteiger partial charge in [-0.2, -0.15) is 13.2 Å². The Morgan fingerprint density at radius 2 is 1.90 bits per heavy atom. The second-order valence-corrected chi connectivity index (χ2v) is 7.40. The first-order valence-corrected chi connectivity index (χ1v) is 9.63. The molecule has 2 aromatic carbocycles. The third-order valence-electron chi connectivity index (χ3n) is 4.76. The molecule has 1 aliphatic heterocycles. The zero-order chi connectivity index (χ0) is 21.3. The van der Waals surface area contributed by atoms with Crippen LogP contribution in [0.2, 0.25) is 5.02 Å². The van der Waals surface area contributed by atoms with Crippen molar-refractivity contribution in [3.63, 3.8) is 0 Å². The minimum Gasteiger partial charge on any atom is -0.457 e. The largest absolute Gasteiger partial charge is 0.457 e. The Morgan fingerprint density at radius 1 is 1.13 bits per heavy atom. The van der Waals surface area contributed by atoms with Gasteiger partial charge in [-0.05, 0) is 42.8 Å².